The van der Waals surface area contributed by atoms with Gasteiger partial charge in [-0.05, 0) is 35.4 Å². The molecule has 2 aromatic rings. The maximum atomic E-state index is 13.2. The van der Waals surface area contributed by atoms with Gasteiger partial charge in [0.25, 0.3) is 0 Å². The van der Waals surface area contributed by atoms with E-state index in [2.05, 4.69) is 5.32 Å². The highest BCUT2D eigenvalue weighted by Crippen LogP contribution is 2.25. The Morgan fingerprint density at radius 2 is 1.81 bits per heavy atom. The van der Waals surface area contributed by atoms with E-state index >= 15 is 0 Å². The van der Waals surface area contributed by atoms with Crippen molar-refractivity contribution in [2.75, 3.05) is 7.11 Å². The van der Waals surface area contributed by atoms with E-state index in [1.165, 1.54) is 7.11 Å². The van der Waals surface area contributed by atoms with Crippen molar-refractivity contribution in [2.45, 2.75) is 18.9 Å². The van der Waals surface area contributed by atoms with Crippen molar-refractivity contribution in [1.29, 1.82) is 0 Å². The zero-order valence-electron chi connectivity index (χ0n) is 13.8. The van der Waals surface area contributed by atoms with Crippen LogP contribution in [0.25, 0.3) is 0 Å². The lowest BCUT2D eigenvalue weighted by Crippen LogP contribution is -2.43. The van der Waals surface area contributed by atoms with Gasteiger partial charge in [-0.2, -0.15) is 0 Å². The first-order valence-corrected chi connectivity index (χ1v) is 7.96. The van der Waals surface area contributed by atoms with Gasteiger partial charge in [-0.15, -0.1) is 0 Å². The number of aliphatic carboxylic acids is 1. The van der Waals surface area contributed by atoms with Crippen LogP contribution in [0.15, 0.2) is 36.4 Å². The van der Waals surface area contributed by atoms with Gasteiger partial charge in [-0.1, -0.05) is 17.7 Å². The van der Waals surface area contributed by atoms with Crippen LogP contribution in [0.5, 0.6) is 5.75 Å². The molecule has 0 fully saturated rings. The highest BCUT2D eigenvalue weighted by Gasteiger charge is 2.21. The Hall–Kier alpha value is -2.67. The fourth-order valence-electron chi connectivity index (χ4n) is 2.42. The van der Waals surface area contributed by atoms with E-state index in [0.29, 0.717) is 22.4 Å². The second-order valence-corrected chi connectivity index (χ2v) is 5.99. The molecule has 0 heterocycles. The molecule has 138 valence electrons. The Labute approximate surface area is 153 Å². The Morgan fingerprint density at radius 3 is 2.35 bits per heavy atom. The molecule has 2 aromatic carbocycles. The minimum Gasteiger partial charge on any atom is -0.495 e. The quantitative estimate of drug-likeness (QED) is 0.770. The monoisotopic (exact) mass is 383 g/mol. The number of hydrogen-bond acceptors (Lipinski definition) is 3. The first kappa shape index (κ1) is 19.7. The molecule has 26 heavy (non-hydrogen) atoms. The van der Waals surface area contributed by atoms with Crippen molar-refractivity contribution in [3.63, 3.8) is 0 Å². The number of nitrogens with one attached hydrogen (secondary N) is 1. The van der Waals surface area contributed by atoms with E-state index in [0.717, 1.165) is 12.1 Å². The zero-order chi connectivity index (χ0) is 19.3. The van der Waals surface area contributed by atoms with Crippen molar-refractivity contribution in [3.05, 3.63) is 64.2 Å². The number of hydrogen-bond donors (Lipinski definition) is 2. The van der Waals surface area contributed by atoms with Gasteiger partial charge in [0.05, 0.1) is 18.6 Å². The maximum absolute atomic E-state index is 13.2. The van der Waals surface area contributed by atoms with Crippen LogP contribution in [-0.2, 0) is 22.4 Å². The Bertz CT molecular complexity index is 809. The largest absolute Gasteiger partial charge is 0.495 e. The summed E-state index contributed by atoms with van der Waals surface area (Å²) >= 11 is 6.00. The van der Waals surface area contributed by atoms with Crippen molar-refractivity contribution in [2.24, 2.45) is 0 Å². The lowest BCUT2D eigenvalue weighted by atomic mass is 10.0. The Morgan fingerprint density at radius 1 is 1.15 bits per heavy atom. The molecular weight excluding hydrogens is 368 g/mol. The first-order valence-electron chi connectivity index (χ1n) is 7.58. The van der Waals surface area contributed by atoms with Gasteiger partial charge in [0.2, 0.25) is 5.91 Å². The van der Waals surface area contributed by atoms with Crippen LogP contribution in [0.1, 0.15) is 11.1 Å². The number of benzene rings is 2. The van der Waals surface area contributed by atoms with E-state index < -0.39 is 29.6 Å². The van der Waals surface area contributed by atoms with Gasteiger partial charge < -0.3 is 15.2 Å². The predicted molar refractivity (Wildman–Crippen MR) is 91.3 cm³/mol. The molecule has 0 spiro atoms. The third-order valence-corrected chi connectivity index (χ3v) is 3.87. The molecule has 0 saturated heterocycles. The van der Waals surface area contributed by atoms with Crippen molar-refractivity contribution < 1.29 is 28.2 Å². The zero-order valence-corrected chi connectivity index (χ0v) is 14.5. The molecule has 1 atom stereocenters. The van der Waals surface area contributed by atoms with Gasteiger partial charge in [-0.25, -0.2) is 13.6 Å². The van der Waals surface area contributed by atoms with Crippen LogP contribution in [0.2, 0.25) is 5.02 Å². The number of halogens is 3. The molecule has 0 radical (unpaired) electrons. The van der Waals surface area contributed by atoms with E-state index in [4.69, 9.17) is 16.3 Å². The van der Waals surface area contributed by atoms with Crippen LogP contribution >= 0.6 is 11.6 Å². The molecule has 0 aliphatic carbocycles. The standard InChI is InChI=1S/C18H16ClF2NO4/c1-26-16-3-2-10(6-14(16)19)7-15(18(24)25)22-17(23)8-11-4-12(20)9-13(21)5-11/h2-6,9,15H,7-8H2,1H3,(H,22,23)(H,24,25)/t15-/m0/s1. The fraction of sp³-hybridized carbons (Fsp3) is 0.222. The number of carbonyl (C=O) groups is 2. The number of carbonyl (C=O) groups excluding carboxylic acids is 1. The molecule has 2 N–H and O–H groups in total. The molecule has 0 aliphatic heterocycles. The molecule has 0 aliphatic rings. The lowest BCUT2D eigenvalue weighted by molar-refractivity contribution is -0.141. The number of carboxylic acids is 1. The molecular formula is C18H16ClF2NO4. The van der Waals surface area contributed by atoms with Gasteiger partial charge in [0.15, 0.2) is 0 Å². The van der Waals surface area contributed by atoms with Gasteiger partial charge in [-0.3, -0.25) is 4.79 Å². The Kier molecular flexibility index (Phi) is 6.52. The van der Waals surface area contributed by atoms with Crippen LogP contribution in [-0.4, -0.2) is 30.1 Å². The number of rotatable bonds is 7. The SMILES string of the molecule is COc1ccc(C[C@H](NC(=O)Cc2cc(F)cc(F)c2)C(=O)O)cc1Cl. The fourth-order valence-corrected chi connectivity index (χ4v) is 2.70. The summed E-state index contributed by atoms with van der Waals surface area (Å²) in [5.41, 5.74) is 0.692. The topological polar surface area (TPSA) is 75.6 Å². The minimum atomic E-state index is -1.24. The second-order valence-electron chi connectivity index (χ2n) is 5.59. The number of ether oxygens (including phenoxy) is 1. The molecule has 0 saturated carbocycles. The van der Waals surface area contributed by atoms with Crippen LogP contribution < -0.4 is 10.1 Å². The molecule has 1 amide bonds. The normalized spacial score (nSPS) is 11.7. The summed E-state index contributed by atoms with van der Waals surface area (Å²) in [6.07, 6.45) is -0.357. The van der Waals surface area contributed by atoms with Crippen LogP contribution in [0.4, 0.5) is 8.78 Å². The second kappa shape index (κ2) is 8.62. The van der Waals surface area contributed by atoms with E-state index in [9.17, 15) is 23.5 Å². The van der Waals surface area contributed by atoms with E-state index in [1.54, 1.807) is 18.2 Å². The Balaban J connectivity index is 2.06. The molecule has 5 nitrogen and oxygen atoms in total. The minimum absolute atomic E-state index is 0.0116. The molecule has 8 heteroatoms. The summed E-state index contributed by atoms with van der Waals surface area (Å²) in [5.74, 6) is -3.08. The average Bonchev–Trinajstić information content (AvgIpc) is 2.53. The van der Waals surface area contributed by atoms with Gasteiger partial charge in [0.1, 0.15) is 23.4 Å². The molecule has 0 unspecified atom stereocenters. The smallest absolute Gasteiger partial charge is 0.326 e. The van der Waals surface area contributed by atoms with Gasteiger partial charge >= 0.3 is 5.97 Å². The number of methoxy groups -OCH3 is 1. The van der Waals surface area contributed by atoms with E-state index in [-0.39, 0.29) is 18.4 Å². The van der Waals surface area contributed by atoms with Crippen LogP contribution in [0, 0.1) is 11.6 Å². The molecule has 0 aromatic heterocycles. The summed E-state index contributed by atoms with van der Waals surface area (Å²) in [4.78, 5) is 23.5. The number of amides is 1. The van der Waals surface area contributed by atoms with Crippen molar-refractivity contribution >= 4 is 23.5 Å². The predicted octanol–water partition coefficient (Wildman–Crippen LogP) is 2.98. The first-order chi connectivity index (χ1) is 12.3. The summed E-state index contributed by atoms with van der Waals surface area (Å²) in [6, 6.07) is 6.27. The highest BCUT2D eigenvalue weighted by molar-refractivity contribution is 6.32. The third kappa shape index (κ3) is 5.42. The molecule has 0 bridgehead atoms. The van der Waals surface area contributed by atoms with Crippen molar-refractivity contribution in [3.8, 4) is 5.75 Å². The summed E-state index contributed by atoms with van der Waals surface area (Å²) < 4.78 is 31.4. The van der Waals surface area contributed by atoms with E-state index in [1.807, 2.05) is 0 Å². The summed E-state index contributed by atoms with van der Waals surface area (Å²) in [5, 5.41) is 12.0. The van der Waals surface area contributed by atoms with Gasteiger partial charge in [0, 0.05) is 12.5 Å². The summed E-state index contributed by atoms with van der Waals surface area (Å²) in [7, 11) is 1.45. The summed E-state index contributed by atoms with van der Waals surface area (Å²) in [6.45, 7) is 0. The average molecular weight is 384 g/mol. The number of carboxylic acid groups (broad SMARTS) is 1. The highest BCUT2D eigenvalue weighted by atomic mass is 35.5. The van der Waals surface area contributed by atoms with Crippen molar-refractivity contribution in [1.82, 2.24) is 5.32 Å². The van der Waals surface area contributed by atoms with Crippen LogP contribution in [0.3, 0.4) is 0 Å². The maximum Gasteiger partial charge on any atom is 0.326 e. The lowest BCUT2D eigenvalue weighted by Gasteiger charge is -2.15. The third-order valence-electron chi connectivity index (χ3n) is 3.58. The molecule has 2 rings (SSSR count).